The van der Waals surface area contributed by atoms with Crippen molar-refractivity contribution in [1.82, 2.24) is 10.2 Å². The van der Waals surface area contributed by atoms with Crippen LogP contribution in [-0.4, -0.2) is 16.1 Å². The quantitative estimate of drug-likeness (QED) is 0.786. The number of nitrogens with one attached hydrogen (secondary N) is 1. The van der Waals surface area contributed by atoms with E-state index in [-0.39, 0.29) is 11.3 Å². The molecule has 1 amide bonds. The third-order valence-corrected chi connectivity index (χ3v) is 3.74. The molecule has 1 N–H and O–H groups in total. The van der Waals surface area contributed by atoms with E-state index in [4.69, 9.17) is 4.42 Å². The van der Waals surface area contributed by atoms with Gasteiger partial charge < -0.3 is 9.73 Å². The second-order valence-electron chi connectivity index (χ2n) is 4.57. The van der Waals surface area contributed by atoms with Crippen molar-refractivity contribution in [3.8, 4) is 10.6 Å². The van der Waals surface area contributed by atoms with Gasteiger partial charge in [0.15, 0.2) is 5.01 Å². The Balaban J connectivity index is 2.12. The Kier molecular flexibility index (Phi) is 3.26. The Labute approximate surface area is 123 Å². The average Bonchev–Trinajstić information content (AvgIpc) is 2.87. The molecule has 0 atom stereocenters. The molecule has 0 saturated heterocycles. The first kappa shape index (κ1) is 13.4. The summed E-state index contributed by atoms with van der Waals surface area (Å²) in [5, 5.41) is 11.5. The summed E-state index contributed by atoms with van der Waals surface area (Å²) in [7, 11) is 0. The maximum atomic E-state index is 12.5. The monoisotopic (exact) mass is 301 g/mol. The van der Waals surface area contributed by atoms with E-state index in [0.717, 1.165) is 16.9 Å². The minimum Gasteiger partial charge on any atom is -0.463 e. The molecule has 0 radical (unpaired) electrons. The van der Waals surface area contributed by atoms with Crippen molar-refractivity contribution in [3.05, 3.63) is 40.2 Å². The van der Waals surface area contributed by atoms with E-state index in [2.05, 4.69) is 15.5 Å². The van der Waals surface area contributed by atoms with Gasteiger partial charge in [0.2, 0.25) is 16.5 Å². The SMILES string of the molecule is CC(=O)Nc1nnc(-c2coc3ccc(C)cc3c2=O)s1. The van der Waals surface area contributed by atoms with E-state index in [0.29, 0.717) is 26.7 Å². The predicted molar refractivity (Wildman–Crippen MR) is 80.4 cm³/mol. The number of amides is 1. The van der Waals surface area contributed by atoms with Gasteiger partial charge in [-0.1, -0.05) is 23.0 Å². The van der Waals surface area contributed by atoms with Crippen molar-refractivity contribution in [2.45, 2.75) is 13.8 Å². The van der Waals surface area contributed by atoms with E-state index in [1.54, 1.807) is 12.1 Å². The molecule has 21 heavy (non-hydrogen) atoms. The number of anilines is 1. The first-order chi connectivity index (χ1) is 10.0. The smallest absolute Gasteiger partial charge is 0.223 e. The van der Waals surface area contributed by atoms with E-state index < -0.39 is 0 Å². The topological polar surface area (TPSA) is 85.1 Å². The van der Waals surface area contributed by atoms with Gasteiger partial charge in [-0.3, -0.25) is 9.59 Å². The fourth-order valence-electron chi connectivity index (χ4n) is 1.93. The average molecular weight is 301 g/mol. The number of hydrogen-bond donors (Lipinski definition) is 1. The lowest BCUT2D eigenvalue weighted by atomic mass is 10.1. The highest BCUT2D eigenvalue weighted by molar-refractivity contribution is 7.18. The van der Waals surface area contributed by atoms with E-state index in [9.17, 15) is 9.59 Å². The highest BCUT2D eigenvalue weighted by atomic mass is 32.1. The van der Waals surface area contributed by atoms with E-state index in [1.165, 1.54) is 13.2 Å². The number of aromatic nitrogens is 2. The van der Waals surface area contributed by atoms with Gasteiger partial charge in [-0.25, -0.2) is 0 Å². The van der Waals surface area contributed by atoms with Gasteiger partial charge in [-0.2, -0.15) is 0 Å². The number of nitrogens with zero attached hydrogens (tertiary/aromatic N) is 2. The lowest BCUT2D eigenvalue weighted by Crippen LogP contribution is -2.04. The molecule has 1 aromatic carbocycles. The standard InChI is InChI=1S/C14H11N3O3S/c1-7-3-4-11-9(5-7)12(19)10(6-20-11)13-16-17-14(21-13)15-8(2)18/h3-6H,1-2H3,(H,15,17,18). The highest BCUT2D eigenvalue weighted by Gasteiger charge is 2.14. The molecule has 106 valence electrons. The molecule has 0 saturated carbocycles. The molecule has 2 aromatic heterocycles. The molecular weight excluding hydrogens is 290 g/mol. The molecular formula is C14H11N3O3S. The number of fused-ring (bicyclic) bond motifs is 1. The van der Waals surface area contributed by atoms with Crippen molar-refractivity contribution < 1.29 is 9.21 Å². The van der Waals surface area contributed by atoms with Gasteiger partial charge >= 0.3 is 0 Å². The number of aryl methyl sites for hydroxylation is 1. The van der Waals surface area contributed by atoms with Gasteiger partial charge in [-0.05, 0) is 19.1 Å². The summed E-state index contributed by atoms with van der Waals surface area (Å²) >= 11 is 1.13. The molecule has 3 rings (SSSR count). The van der Waals surface area contributed by atoms with Crippen molar-refractivity contribution >= 4 is 33.3 Å². The number of carbonyl (C=O) groups is 1. The van der Waals surface area contributed by atoms with Crippen molar-refractivity contribution in [2.24, 2.45) is 0 Å². The second kappa shape index (κ2) is 5.10. The van der Waals surface area contributed by atoms with Crippen molar-refractivity contribution in [3.63, 3.8) is 0 Å². The third kappa shape index (κ3) is 2.55. The Hall–Kier alpha value is -2.54. The third-order valence-electron chi connectivity index (χ3n) is 2.87. The van der Waals surface area contributed by atoms with Gasteiger partial charge in [0.25, 0.3) is 0 Å². The number of rotatable bonds is 2. The highest BCUT2D eigenvalue weighted by Crippen LogP contribution is 2.25. The van der Waals surface area contributed by atoms with Gasteiger partial charge in [0.05, 0.1) is 10.9 Å². The van der Waals surface area contributed by atoms with Crippen LogP contribution in [0.1, 0.15) is 12.5 Å². The van der Waals surface area contributed by atoms with Crippen LogP contribution in [0.2, 0.25) is 0 Å². The van der Waals surface area contributed by atoms with Crippen LogP contribution in [0.15, 0.2) is 33.7 Å². The van der Waals surface area contributed by atoms with Crippen molar-refractivity contribution in [1.29, 1.82) is 0 Å². The molecule has 0 aliphatic heterocycles. The molecule has 0 unspecified atom stereocenters. The lowest BCUT2D eigenvalue weighted by Gasteiger charge is -2.00. The summed E-state index contributed by atoms with van der Waals surface area (Å²) < 4.78 is 5.47. The second-order valence-corrected chi connectivity index (χ2v) is 5.55. The summed E-state index contributed by atoms with van der Waals surface area (Å²) in [6.45, 7) is 3.29. The van der Waals surface area contributed by atoms with E-state index in [1.807, 2.05) is 13.0 Å². The summed E-state index contributed by atoms with van der Waals surface area (Å²) in [5.74, 6) is -0.237. The molecule has 0 aliphatic carbocycles. The first-order valence-corrected chi connectivity index (χ1v) is 7.00. The zero-order valence-electron chi connectivity index (χ0n) is 11.3. The van der Waals surface area contributed by atoms with E-state index >= 15 is 0 Å². The van der Waals surface area contributed by atoms with Crippen LogP contribution in [0.3, 0.4) is 0 Å². The minimum absolute atomic E-state index is 0.162. The molecule has 0 aliphatic rings. The van der Waals surface area contributed by atoms with Crippen LogP contribution in [0.4, 0.5) is 5.13 Å². The summed E-state index contributed by atoms with van der Waals surface area (Å²) in [6, 6.07) is 5.42. The molecule has 6 nitrogen and oxygen atoms in total. The van der Waals surface area contributed by atoms with Gasteiger partial charge in [-0.15, -0.1) is 10.2 Å². The Morgan fingerprint density at radius 1 is 1.33 bits per heavy atom. The fourth-order valence-corrected chi connectivity index (χ4v) is 2.72. The van der Waals surface area contributed by atoms with Gasteiger partial charge in [0, 0.05) is 6.92 Å². The maximum Gasteiger partial charge on any atom is 0.223 e. The number of hydrogen-bond acceptors (Lipinski definition) is 6. The first-order valence-electron chi connectivity index (χ1n) is 6.18. The molecule has 0 spiro atoms. The lowest BCUT2D eigenvalue weighted by molar-refractivity contribution is -0.114. The van der Waals surface area contributed by atoms with Gasteiger partial charge in [0.1, 0.15) is 11.8 Å². The summed E-state index contributed by atoms with van der Waals surface area (Å²) in [6.07, 6.45) is 1.37. The molecule has 0 fully saturated rings. The largest absolute Gasteiger partial charge is 0.463 e. The predicted octanol–water partition coefficient (Wildman–Crippen LogP) is 2.58. The Bertz CT molecular complexity index is 898. The van der Waals surface area contributed by atoms with Crippen molar-refractivity contribution in [2.75, 3.05) is 5.32 Å². The Morgan fingerprint density at radius 3 is 2.90 bits per heavy atom. The zero-order valence-corrected chi connectivity index (χ0v) is 12.2. The number of carbonyl (C=O) groups excluding carboxylic acids is 1. The molecule has 2 heterocycles. The van der Waals surface area contributed by atoms with Crippen LogP contribution < -0.4 is 10.7 Å². The maximum absolute atomic E-state index is 12.5. The van der Waals surface area contributed by atoms with Crippen LogP contribution in [0.25, 0.3) is 21.5 Å². The van der Waals surface area contributed by atoms with Crippen LogP contribution >= 0.6 is 11.3 Å². The fraction of sp³-hybridized carbons (Fsp3) is 0.143. The molecule has 7 heteroatoms. The Morgan fingerprint density at radius 2 is 2.14 bits per heavy atom. The zero-order chi connectivity index (χ0) is 15.0. The minimum atomic E-state index is -0.237. The number of benzene rings is 1. The van der Waals surface area contributed by atoms with Crippen LogP contribution in [0.5, 0.6) is 0 Å². The van der Waals surface area contributed by atoms with Crippen LogP contribution in [0, 0.1) is 6.92 Å². The normalized spacial score (nSPS) is 10.8. The summed E-state index contributed by atoms with van der Waals surface area (Å²) in [5.41, 5.74) is 1.68. The van der Waals surface area contributed by atoms with Crippen LogP contribution in [-0.2, 0) is 4.79 Å². The summed E-state index contributed by atoms with van der Waals surface area (Å²) in [4.78, 5) is 23.5. The molecule has 0 bridgehead atoms. The molecule has 3 aromatic rings.